The van der Waals surface area contributed by atoms with Gasteiger partial charge in [0.2, 0.25) is 0 Å². The number of terminal acetylenes is 1. The smallest absolute Gasteiger partial charge is 0.269 e. The molecule has 1 rings (SSSR count). The predicted octanol–water partition coefficient (Wildman–Crippen LogP) is 1.40. The Labute approximate surface area is 81.9 Å². The zero-order valence-corrected chi connectivity index (χ0v) is 7.73. The number of hydrogen-bond donors (Lipinski definition) is 1. The average molecular weight is 190 g/mol. The molecule has 0 saturated heterocycles. The molecule has 0 saturated carbocycles. The van der Waals surface area contributed by atoms with E-state index in [1.165, 1.54) is 12.1 Å². The standard InChI is InChI=1S/C10H10N2O2/c1-3-10(2,11)8-5-4-6-9(7-8)12(13)14/h1,4-7H,11H2,2H3. The molecule has 0 aliphatic rings. The lowest BCUT2D eigenvalue weighted by Gasteiger charge is -2.17. The van der Waals surface area contributed by atoms with E-state index < -0.39 is 10.5 Å². The van der Waals surface area contributed by atoms with Gasteiger partial charge in [-0.3, -0.25) is 10.1 Å². The summed E-state index contributed by atoms with van der Waals surface area (Å²) in [7, 11) is 0. The van der Waals surface area contributed by atoms with Crippen LogP contribution >= 0.6 is 0 Å². The highest BCUT2D eigenvalue weighted by Crippen LogP contribution is 2.21. The molecule has 0 radical (unpaired) electrons. The average Bonchev–Trinajstić information content (AvgIpc) is 2.18. The van der Waals surface area contributed by atoms with Gasteiger partial charge in [-0.15, -0.1) is 6.42 Å². The first kappa shape index (κ1) is 10.2. The van der Waals surface area contributed by atoms with Gasteiger partial charge in [0.1, 0.15) is 5.54 Å². The van der Waals surface area contributed by atoms with E-state index >= 15 is 0 Å². The van der Waals surface area contributed by atoms with Gasteiger partial charge < -0.3 is 5.73 Å². The topological polar surface area (TPSA) is 69.2 Å². The van der Waals surface area contributed by atoms with Crippen molar-refractivity contribution in [3.8, 4) is 12.3 Å². The lowest BCUT2D eigenvalue weighted by Crippen LogP contribution is -2.30. The van der Waals surface area contributed by atoms with E-state index in [1.807, 2.05) is 0 Å². The van der Waals surface area contributed by atoms with Gasteiger partial charge in [-0.25, -0.2) is 0 Å². The lowest BCUT2D eigenvalue weighted by molar-refractivity contribution is -0.384. The normalized spacial score (nSPS) is 14.1. The van der Waals surface area contributed by atoms with Crippen molar-refractivity contribution in [1.82, 2.24) is 0 Å². The molecular formula is C10H10N2O2. The van der Waals surface area contributed by atoms with Gasteiger partial charge in [0.05, 0.1) is 4.92 Å². The SMILES string of the molecule is C#CC(C)(N)c1cccc([N+](=O)[O-])c1. The van der Waals surface area contributed by atoms with Crippen molar-refractivity contribution >= 4 is 5.69 Å². The largest absolute Gasteiger partial charge is 0.312 e. The second-order valence-corrected chi connectivity index (χ2v) is 3.15. The molecule has 72 valence electrons. The number of nitrogens with two attached hydrogens (primary N) is 1. The third-order valence-electron chi connectivity index (χ3n) is 1.96. The molecule has 0 bridgehead atoms. The minimum absolute atomic E-state index is 0.00516. The second-order valence-electron chi connectivity index (χ2n) is 3.15. The van der Waals surface area contributed by atoms with Gasteiger partial charge in [-0.1, -0.05) is 18.1 Å². The van der Waals surface area contributed by atoms with E-state index in [-0.39, 0.29) is 5.69 Å². The van der Waals surface area contributed by atoms with Crippen molar-refractivity contribution in [2.24, 2.45) is 5.73 Å². The highest BCUT2D eigenvalue weighted by Gasteiger charge is 2.19. The van der Waals surface area contributed by atoms with Crippen molar-refractivity contribution in [1.29, 1.82) is 0 Å². The summed E-state index contributed by atoms with van der Waals surface area (Å²) >= 11 is 0. The summed E-state index contributed by atoms with van der Waals surface area (Å²) in [5.41, 5.74) is 5.34. The lowest BCUT2D eigenvalue weighted by atomic mass is 9.94. The molecule has 0 aliphatic heterocycles. The van der Waals surface area contributed by atoms with Gasteiger partial charge >= 0.3 is 0 Å². The second kappa shape index (κ2) is 3.48. The van der Waals surface area contributed by atoms with Gasteiger partial charge in [0, 0.05) is 12.1 Å². The third-order valence-corrected chi connectivity index (χ3v) is 1.96. The molecule has 0 aromatic heterocycles. The molecule has 4 heteroatoms. The van der Waals surface area contributed by atoms with Crippen LogP contribution in [0.4, 0.5) is 5.69 Å². The van der Waals surface area contributed by atoms with Crippen LogP contribution in [0, 0.1) is 22.5 Å². The first-order valence-electron chi connectivity index (χ1n) is 3.99. The maximum atomic E-state index is 10.5. The van der Waals surface area contributed by atoms with E-state index in [9.17, 15) is 10.1 Å². The van der Waals surface area contributed by atoms with Crippen molar-refractivity contribution in [2.75, 3.05) is 0 Å². The summed E-state index contributed by atoms with van der Waals surface area (Å²) in [5.74, 6) is 2.38. The molecule has 0 fully saturated rings. The molecular weight excluding hydrogens is 180 g/mol. The Morgan fingerprint density at radius 2 is 2.29 bits per heavy atom. The Kier molecular flexibility index (Phi) is 2.54. The Balaban J connectivity index is 3.20. The number of rotatable bonds is 2. The van der Waals surface area contributed by atoms with Crippen LogP contribution in [0.2, 0.25) is 0 Å². The summed E-state index contributed by atoms with van der Waals surface area (Å²) < 4.78 is 0. The van der Waals surface area contributed by atoms with Crippen LogP contribution in [-0.4, -0.2) is 4.92 Å². The molecule has 14 heavy (non-hydrogen) atoms. The van der Waals surface area contributed by atoms with Gasteiger partial charge in [-0.05, 0) is 12.5 Å². The Morgan fingerprint density at radius 3 is 2.79 bits per heavy atom. The van der Waals surface area contributed by atoms with Gasteiger partial charge in [-0.2, -0.15) is 0 Å². The van der Waals surface area contributed by atoms with Crippen molar-refractivity contribution < 1.29 is 4.92 Å². The monoisotopic (exact) mass is 190 g/mol. The minimum Gasteiger partial charge on any atom is -0.312 e. The predicted molar refractivity (Wildman–Crippen MR) is 53.5 cm³/mol. The van der Waals surface area contributed by atoms with Crippen LogP contribution in [-0.2, 0) is 5.54 Å². The van der Waals surface area contributed by atoms with Crippen LogP contribution < -0.4 is 5.73 Å². The number of hydrogen-bond acceptors (Lipinski definition) is 3. The van der Waals surface area contributed by atoms with E-state index in [0.717, 1.165) is 0 Å². The molecule has 0 aliphatic carbocycles. The summed E-state index contributed by atoms with van der Waals surface area (Å²) in [6.07, 6.45) is 5.22. The maximum Gasteiger partial charge on any atom is 0.269 e. The van der Waals surface area contributed by atoms with Crippen LogP contribution in [0.5, 0.6) is 0 Å². The van der Waals surface area contributed by atoms with Crippen molar-refractivity contribution in [3.05, 3.63) is 39.9 Å². The fourth-order valence-corrected chi connectivity index (χ4v) is 1.03. The maximum absolute atomic E-state index is 10.5. The van der Waals surface area contributed by atoms with E-state index in [1.54, 1.807) is 19.1 Å². The third kappa shape index (κ3) is 1.90. The fourth-order valence-electron chi connectivity index (χ4n) is 1.03. The Morgan fingerprint density at radius 1 is 1.64 bits per heavy atom. The summed E-state index contributed by atoms with van der Waals surface area (Å²) in [6.45, 7) is 1.63. The number of nitrogens with zero attached hydrogens (tertiary/aromatic N) is 1. The zero-order valence-electron chi connectivity index (χ0n) is 7.73. The molecule has 2 N–H and O–H groups in total. The summed E-state index contributed by atoms with van der Waals surface area (Å²) in [6, 6.07) is 6.03. The van der Waals surface area contributed by atoms with E-state index in [4.69, 9.17) is 12.2 Å². The zero-order chi connectivity index (χ0) is 10.8. The molecule has 0 heterocycles. The first-order chi connectivity index (χ1) is 6.47. The van der Waals surface area contributed by atoms with Gasteiger partial charge in [0.25, 0.3) is 5.69 Å². The molecule has 0 amide bonds. The van der Waals surface area contributed by atoms with Crippen LogP contribution in [0.3, 0.4) is 0 Å². The molecule has 4 nitrogen and oxygen atoms in total. The van der Waals surface area contributed by atoms with E-state index in [0.29, 0.717) is 5.56 Å². The fraction of sp³-hybridized carbons (Fsp3) is 0.200. The van der Waals surface area contributed by atoms with Crippen molar-refractivity contribution in [3.63, 3.8) is 0 Å². The van der Waals surface area contributed by atoms with Gasteiger partial charge in [0.15, 0.2) is 0 Å². The number of non-ortho nitro benzene ring substituents is 1. The molecule has 1 unspecified atom stereocenters. The number of nitro benzene ring substituents is 1. The van der Waals surface area contributed by atoms with E-state index in [2.05, 4.69) is 5.92 Å². The molecule has 1 aromatic rings. The minimum atomic E-state index is -0.966. The highest BCUT2D eigenvalue weighted by atomic mass is 16.6. The van der Waals surface area contributed by atoms with Crippen LogP contribution in [0.1, 0.15) is 12.5 Å². The summed E-state index contributed by atoms with van der Waals surface area (Å²) in [5, 5.41) is 10.5. The number of nitro groups is 1. The molecule has 0 spiro atoms. The number of benzene rings is 1. The molecule has 1 aromatic carbocycles. The van der Waals surface area contributed by atoms with Crippen LogP contribution in [0.15, 0.2) is 24.3 Å². The quantitative estimate of drug-likeness (QED) is 0.435. The first-order valence-corrected chi connectivity index (χ1v) is 3.99. The van der Waals surface area contributed by atoms with Crippen molar-refractivity contribution in [2.45, 2.75) is 12.5 Å². The molecule has 1 atom stereocenters. The highest BCUT2D eigenvalue weighted by molar-refractivity contribution is 5.40. The Bertz CT molecular complexity index is 405. The van der Waals surface area contributed by atoms with Crippen LogP contribution in [0.25, 0.3) is 0 Å². The summed E-state index contributed by atoms with van der Waals surface area (Å²) in [4.78, 5) is 10.0. The Hall–Kier alpha value is -1.86.